The molecule has 0 saturated carbocycles. The van der Waals surface area contributed by atoms with Crippen molar-refractivity contribution in [3.05, 3.63) is 35.1 Å². The minimum atomic E-state index is -0.321. The van der Waals surface area contributed by atoms with E-state index in [1.807, 2.05) is 6.92 Å². The van der Waals surface area contributed by atoms with E-state index in [0.717, 1.165) is 5.01 Å². The van der Waals surface area contributed by atoms with Crippen LogP contribution in [0.15, 0.2) is 24.4 Å². The summed E-state index contributed by atoms with van der Waals surface area (Å²) in [4.78, 5) is 17.2. The molecule has 22 heavy (non-hydrogen) atoms. The van der Waals surface area contributed by atoms with Crippen molar-refractivity contribution >= 4 is 27.9 Å². The first-order valence-electron chi connectivity index (χ1n) is 6.47. The summed E-state index contributed by atoms with van der Waals surface area (Å²) in [5, 5.41) is 7.90. The number of aromatic nitrogens is 3. The number of amides is 1. The fourth-order valence-electron chi connectivity index (χ4n) is 2.00. The van der Waals surface area contributed by atoms with Gasteiger partial charge in [-0.3, -0.25) is 4.79 Å². The first kappa shape index (κ1) is 14.3. The highest BCUT2D eigenvalue weighted by molar-refractivity contribution is 7.16. The number of fused-ring (bicyclic) bond motifs is 1. The van der Waals surface area contributed by atoms with Gasteiger partial charge in [-0.2, -0.15) is 5.10 Å². The third kappa shape index (κ3) is 2.60. The average Bonchev–Trinajstić information content (AvgIpc) is 3.04. The van der Waals surface area contributed by atoms with Crippen LogP contribution in [0, 0.1) is 6.92 Å². The minimum absolute atomic E-state index is 0.302. The van der Waals surface area contributed by atoms with Gasteiger partial charge in [0.15, 0.2) is 0 Å². The second-order valence-corrected chi connectivity index (χ2v) is 5.65. The number of nitrogens with zero attached hydrogens (tertiary/aromatic N) is 3. The lowest BCUT2D eigenvalue weighted by Gasteiger charge is -2.10. The Morgan fingerprint density at radius 1 is 1.32 bits per heavy atom. The van der Waals surface area contributed by atoms with E-state index < -0.39 is 0 Å². The van der Waals surface area contributed by atoms with Gasteiger partial charge in [0.25, 0.3) is 5.91 Å². The summed E-state index contributed by atoms with van der Waals surface area (Å²) in [6.45, 7) is 1.89. The van der Waals surface area contributed by atoms with Gasteiger partial charge in [-0.25, -0.2) is 9.50 Å². The number of carbonyl (C=O) groups is 1. The predicted molar refractivity (Wildman–Crippen MR) is 83.1 cm³/mol. The van der Waals surface area contributed by atoms with E-state index in [2.05, 4.69) is 15.4 Å². The number of ether oxygens (including phenoxy) is 2. The maximum atomic E-state index is 12.3. The SMILES string of the molecule is COc1ccc(NC(=O)c2cn3nc(C)sc3n2)c(OC)c1. The summed E-state index contributed by atoms with van der Waals surface area (Å²) >= 11 is 1.43. The zero-order valence-electron chi connectivity index (χ0n) is 12.3. The highest BCUT2D eigenvalue weighted by Crippen LogP contribution is 2.29. The number of methoxy groups -OCH3 is 2. The summed E-state index contributed by atoms with van der Waals surface area (Å²) in [5.41, 5.74) is 0.852. The second kappa shape index (κ2) is 5.64. The summed E-state index contributed by atoms with van der Waals surface area (Å²) in [5.74, 6) is 0.846. The molecule has 0 spiro atoms. The lowest BCUT2D eigenvalue weighted by atomic mass is 10.2. The van der Waals surface area contributed by atoms with E-state index in [4.69, 9.17) is 9.47 Å². The fraction of sp³-hybridized carbons (Fsp3) is 0.214. The molecule has 3 aromatic rings. The molecular weight excluding hydrogens is 304 g/mol. The lowest BCUT2D eigenvalue weighted by molar-refractivity contribution is 0.102. The van der Waals surface area contributed by atoms with Crippen LogP contribution in [-0.4, -0.2) is 34.7 Å². The molecule has 1 amide bonds. The average molecular weight is 318 g/mol. The number of hydrogen-bond acceptors (Lipinski definition) is 6. The molecule has 7 nitrogen and oxygen atoms in total. The van der Waals surface area contributed by atoms with Gasteiger partial charge in [-0.05, 0) is 19.1 Å². The molecule has 0 aliphatic carbocycles. The van der Waals surface area contributed by atoms with Crippen LogP contribution in [0.2, 0.25) is 0 Å². The van der Waals surface area contributed by atoms with Crippen molar-refractivity contribution in [2.75, 3.05) is 19.5 Å². The molecule has 0 fully saturated rings. The fourth-order valence-corrected chi connectivity index (χ4v) is 2.72. The number of benzene rings is 1. The van der Waals surface area contributed by atoms with E-state index in [1.165, 1.54) is 18.4 Å². The molecule has 3 rings (SSSR count). The molecule has 1 aromatic carbocycles. The molecule has 8 heteroatoms. The van der Waals surface area contributed by atoms with Crippen LogP contribution in [0.25, 0.3) is 4.96 Å². The Labute approximate surface area is 130 Å². The quantitative estimate of drug-likeness (QED) is 0.799. The monoisotopic (exact) mass is 318 g/mol. The van der Waals surface area contributed by atoms with Crippen molar-refractivity contribution in [3.63, 3.8) is 0 Å². The number of imidazole rings is 1. The van der Waals surface area contributed by atoms with Crippen molar-refractivity contribution < 1.29 is 14.3 Å². The lowest BCUT2D eigenvalue weighted by Crippen LogP contribution is -2.13. The molecular formula is C14H14N4O3S. The zero-order valence-corrected chi connectivity index (χ0v) is 13.1. The van der Waals surface area contributed by atoms with Gasteiger partial charge in [0.05, 0.1) is 26.1 Å². The Hall–Kier alpha value is -2.61. The van der Waals surface area contributed by atoms with E-state index in [0.29, 0.717) is 27.8 Å². The molecule has 2 heterocycles. The van der Waals surface area contributed by atoms with Crippen molar-refractivity contribution in [2.24, 2.45) is 0 Å². The normalized spacial score (nSPS) is 10.7. The van der Waals surface area contributed by atoms with Crippen molar-refractivity contribution in [1.82, 2.24) is 14.6 Å². The topological polar surface area (TPSA) is 77.8 Å². The minimum Gasteiger partial charge on any atom is -0.497 e. The van der Waals surface area contributed by atoms with Crippen LogP contribution in [0.5, 0.6) is 11.5 Å². The third-order valence-electron chi connectivity index (χ3n) is 3.03. The van der Waals surface area contributed by atoms with Crippen molar-refractivity contribution in [2.45, 2.75) is 6.92 Å². The summed E-state index contributed by atoms with van der Waals surface area (Å²) in [6.07, 6.45) is 1.60. The first-order valence-corrected chi connectivity index (χ1v) is 7.28. The van der Waals surface area contributed by atoms with Gasteiger partial charge in [0.1, 0.15) is 22.2 Å². The van der Waals surface area contributed by atoms with E-state index >= 15 is 0 Å². The highest BCUT2D eigenvalue weighted by Gasteiger charge is 2.15. The number of hydrogen-bond donors (Lipinski definition) is 1. The van der Waals surface area contributed by atoms with Crippen LogP contribution in [0.1, 0.15) is 15.5 Å². The molecule has 0 aliphatic heterocycles. The van der Waals surface area contributed by atoms with E-state index in [-0.39, 0.29) is 5.91 Å². The highest BCUT2D eigenvalue weighted by atomic mass is 32.1. The Morgan fingerprint density at radius 3 is 2.82 bits per heavy atom. The van der Waals surface area contributed by atoms with Crippen LogP contribution < -0.4 is 14.8 Å². The molecule has 1 N–H and O–H groups in total. The van der Waals surface area contributed by atoms with E-state index in [9.17, 15) is 4.79 Å². The second-order valence-electron chi connectivity index (χ2n) is 4.49. The Kier molecular flexibility index (Phi) is 3.68. The number of aryl methyl sites for hydroxylation is 1. The maximum absolute atomic E-state index is 12.3. The molecule has 0 saturated heterocycles. The first-order chi connectivity index (χ1) is 10.6. The molecule has 2 aromatic heterocycles. The number of carbonyl (C=O) groups excluding carboxylic acids is 1. The van der Waals surface area contributed by atoms with Gasteiger partial charge in [-0.15, -0.1) is 0 Å². The van der Waals surface area contributed by atoms with Gasteiger partial charge < -0.3 is 14.8 Å². The Morgan fingerprint density at radius 2 is 2.14 bits per heavy atom. The Balaban J connectivity index is 1.85. The molecule has 0 atom stereocenters. The number of rotatable bonds is 4. The van der Waals surface area contributed by atoms with Crippen molar-refractivity contribution in [1.29, 1.82) is 0 Å². The Bertz CT molecular complexity index is 808. The summed E-state index contributed by atoms with van der Waals surface area (Å²) in [7, 11) is 3.10. The van der Waals surface area contributed by atoms with Crippen LogP contribution in [0.3, 0.4) is 0 Å². The van der Waals surface area contributed by atoms with Crippen molar-refractivity contribution in [3.8, 4) is 11.5 Å². The van der Waals surface area contributed by atoms with Crippen LogP contribution >= 0.6 is 11.3 Å². The third-order valence-corrected chi connectivity index (χ3v) is 3.87. The van der Waals surface area contributed by atoms with Crippen LogP contribution in [-0.2, 0) is 0 Å². The molecule has 0 radical (unpaired) electrons. The number of nitrogens with one attached hydrogen (secondary N) is 1. The molecule has 0 unspecified atom stereocenters. The standard InChI is InChI=1S/C14H14N4O3S/c1-8-17-18-7-11(16-14(18)22-8)13(19)15-10-5-4-9(20-2)6-12(10)21-3/h4-7H,1-3H3,(H,15,19). The largest absolute Gasteiger partial charge is 0.497 e. The summed E-state index contributed by atoms with van der Waals surface area (Å²) in [6, 6.07) is 5.16. The van der Waals surface area contributed by atoms with Crippen LogP contribution in [0.4, 0.5) is 5.69 Å². The number of anilines is 1. The zero-order chi connectivity index (χ0) is 15.7. The van der Waals surface area contributed by atoms with Gasteiger partial charge >= 0.3 is 0 Å². The van der Waals surface area contributed by atoms with Gasteiger partial charge in [0.2, 0.25) is 4.96 Å². The smallest absolute Gasteiger partial charge is 0.276 e. The van der Waals surface area contributed by atoms with E-state index in [1.54, 1.807) is 36.0 Å². The molecule has 0 aliphatic rings. The molecule has 114 valence electrons. The maximum Gasteiger partial charge on any atom is 0.276 e. The predicted octanol–water partition coefficient (Wildman–Crippen LogP) is 2.37. The van der Waals surface area contributed by atoms with Gasteiger partial charge in [0, 0.05) is 6.07 Å². The molecule has 0 bridgehead atoms. The van der Waals surface area contributed by atoms with Gasteiger partial charge in [-0.1, -0.05) is 11.3 Å². The summed E-state index contributed by atoms with van der Waals surface area (Å²) < 4.78 is 12.0.